The highest BCUT2D eigenvalue weighted by Crippen LogP contribution is 2.23. The summed E-state index contributed by atoms with van der Waals surface area (Å²) >= 11 is 0. The third-order valence-corrected chi connectivity index (χ3v) is 4.93. The number of rotatable bonds is 4. The van der Waals surface area contributed by atoms with Gasteiger partial charge in [-0.25, -0.2) is 4.39 Å². The number of likely N-dealkylation sites (tertiary alicyclic amines) is 1. The summed E-state index contributed by atoms with van der Waals surface area (Å²) in [7, 11) is 0. The van der Waals surface area contributed by atoms with Crippen molar-refractivity contribution in [1.29, 1.82) is 0 Å². The van der Waals surface area contributed by atoms with Gasteiger partial charge in [-0.1, -0.05) is 24.3 Å². The minimum absolute atomic E-state index is 0.0596. The lowest BCUT2D eigenvalue weighted by Gasteiger charge is -2.31. The van der Waals surface area contributed by atoms with E-state index in [1.54, 1.807) is 0 Å². The number of hydrogen-bond acceptors (Lipinski definition) is 2. The number of carbonyl (C=O) groups is 1. The summed E-state index contributed by atoms with van der Waals surface area (Å²) < 4.78 is 13.0. The van der Waals surface area contributed by atoms with Crippen LogP contribution in [0.15, 0.2) is 42.5 Å². The molecule has 1 aliphatic heterocycles. The van der Waals surface area contributed by atoms with Gasteiger partial charge in [0.25, 0.3) is 0 Å². The fraction of sp³-hybridized carbons (Fsp3) is 0.381. The average Bonchev–Trinajstić information content (AvgIpc) is 2.61. The predicted molar refractivity (Wildman–Crippen MR) is 98.9 cm³/mol. The van der Waals surface area contributed by atoms with Crippen LogP contribution in [0.25, 0.3) is 0 Å². The van der Waals surface area contributed by atoms with E-state index in [9.17, 15) is 9.18 Å². The second kappa shape index (κ2) is 7.79. The normalized spacial score (nSPS) is 16.0. The van der Waals surface area contributed by atoms with E-state index in [1.165, 1.54) is 12.1 Å². The Kier molecular flexibility index (Phi) is 5.49. The molecule has 0 radical (unpaired) electrons. The molecule has 0 unspecified atom stereocenters. The Morgan fingerprint density at radius 2 is 1.80 bits per heavy atom. The zero-order valence-electron chi connectivity index (χ0n) is 14.9. The molecule has 2 aromatic carbocycles. The van der Waals surface area contributed by atoms with Crippen molar-refractivity contribution in [3.05, 3.63) is 65.0 Å². The van der Waals surface area contributed by atoms with Crippen LogP contribution in [0.2, 0.25) is 0 Å². The summed E-state index contributed by atoms with van der Waals surface area (Å²) in [5, 5.41) is 3.09. The van der Waals surface area contributed by atoms with Crippen molar-refractivity contribution in [1.82, 2.24) is 4.90 Å². The number of anilines is 1. The molecule has 1 amide bonds. The number of amides is 1. The second-order valence-corrected chi connectivity index (χ2v) is 6.98. The van der Waals surface area contributed by atoms with E-state index >= 15 is 0 Å². The van der Waals surface area contributed by atoms with E-state index in [4.69, 9.17) is 0 Å². The molecule has 1 heterocycles. The number of nitrogens with one attached hydrogen (secondary N) is 1. The van der Waals surface area contributed by atoms with Gasteiger partial charge in [-0.05, 0) is 74.7 Å². The van der Waals surface area contributed by atoms with Crippen LogP contribution in [0.3, 0.4) is 0 Å². The molecule has 0 spiro atoms. The standard InChI is InChI=1S/C21H25FN2O/c1-15-3-4-16(2)20(13-15)23-21(25)18-9-11-24(12-10-18)14-17-5-7-19(22)8-6-17/h3-8,13,18H,9-12,14H2,1-2H3,(H,23,25). The Hall–Kier alpha value is -2.20. The summed E-state index contributed by atoms with van der Waals surface area (Å²) in [6.07, 6.45) is 1.72. The molecule has 1 aliphatic rings. The minimum atomic E-state index is -0.203. The fourth-order valence-corrected chi connectivity index (χ4v) is 3.31. The van der Waals surface area contributed by atoms with Crippen LogP contribution in [-0.2, 0) is 11.3 Å². The number of halogens is 1. The van der Waals surface area contributed by atoms with Gasteiger partial charge in [0.15, 0.2) is 0 Å². The van der Waals surface area contributed by atoms with E-state index in [-0.39, 0.29) is 17.6 Å². The monoisotopic (exact) mass is 340 g/mol. The average molecular weight is 340 g/mol. The maximum atomic E-state index is 13.0. The first-order chi connectivity index (χ1) is 12.0. The van der Waals surface area contributed by atoms with E-state index in [0.29, 0.717) is 0 Å². The highest BCUT2D eigenvalue weighted by atomic mass is 19.1. The number of hydrogen-bond donors (Lipinski definition) is 1. The van der Waals surface area contributed by atoms with E-state index in [0.717, 1.165) is 54.9 Å². The third-order valence-electron chi connectivity index (χ3n) is 4.93. The number of nitrogens with zero attached hydrogens (tertiary/aromatic N) is 1. The first-order valence-corrected chi connectivity index (χ1v) is 8.86. The molecule has 1 saturated heterocycles. The van der Waals surface area contributed by atoms with Crippen molar-refractivity contribution in [2.75, 3.05) is 18.4 Å². The lowest BCUT2D eigenvalue weighted by molar-refractivity contribution is -0.121. The molecule has 4 heteroatoms. The molecule has 0 aromatic heterocycles. The van der Waals surface area contributed by atoms with Crippen LogP contribution in [0.4, 0.5) is 10.1 Å². The van der Waals surface area contributed by atoms with Crippen LogP contribution in [0.5, 0.6) is 0 Å². The van der Waals surface area contributed by atoms with E-state index in [2.05, 4.69) is 16.3 Å². The van der Waals surface area contributed by atoms with Gasteiger partial charge < -0.3 is 5.32 Å². The molecule has 0 aliphatic carbocycles. The maximum Gasteiger partial charge on any atom is 0.227 e. The Morgan fingerprint density at radius 1 is 1.12 bits per heavy atom. The Labute approximate surface area is 148 Å². The molecule has 0 saturated carbocycles. The predicted octanol–water partition coefficient (Wildman–Crippen LogP) is 4.29. The van der Waals surface area contributed by atoms with Crippen LogP contribution in [0.1, 0.15) is 29.5 Å². The Bertz CT molecular complexity index is 734. The van der Waals surface area contributed by atoms with Gasteiger partial charge in [0.2, 0.25) is 5.91 Å². The molecule has 3 rings (SSSR count). The zero-order valence-corrected chi connectivity index (χ0v) is 14.9. The van der Waals surface area contributed by atoms with Gasteiger partial charge in [0, 0.05) is 18.2 Å². The summed E-state index contributed by atoms with van der Waals surface area (Å²) in [6, 6.07) is 12.8. The second-order valence-electron chi connectivity index (χ2n) is 6.98. The van der Waals surface area contributed by atoms with Crippen LogP contribution in [-0.4, -0.2) is 23.9 Å². The maximum absolute atomic E-state index is 13.0. The largest absolute Gasteiger partial charge is 0.326 e. The van der Waals surface area contributed by atoms with Crippen molar-refractivity contribution in [2.24, 2.45) is 5.92 Å². The first kappa shape index (κ1) is 17.6. The molecule has 25 heavy (non-hydrogen) atoms. The molecule has 0 atom stereocenters. The number of benzene rings is 2. The lowest BCUT2D eigenvalue weighted by Crippen LogP contribution is -2.37. The van der Waals surface area contributed by atoms with Gasteiger partial charge in [0.05, 0.1) is 0 Å². The smallest absolute Gasteiger partial charge is 0.227 e. The zero-order chi connectivity index (χ0) is 17.8. The summed E-state index contributed by atoms with van der Waals surface area (Å²) in [5.41, 5.74) is 4.26. The number of carbonyl (C=O) groups excluding carboxylic acids is 1. The number of piperidine rings is 1. The summed E-state index contributed by atoms with van der Waals surface area (Å²) in [6.45, 7) is 6.64. The van der Waals surface area contributed by atoms with Gasteiger partial charge in [-0.15, -0.1) is 0 Å². The lowest BCUT2D eigenvalue weighted by atomic mass is 9.95. The molecular formula is C21H25FN2O. The van der Waals surface area contributed by atoms with Crippen molar-refractivity contribution in [3.63, 3.8) is 0 Å². The van der Waals surface area contributed by atoms with E-state index < -0.39 is 0 Å². The van der Waals surface area contributed by atoms with Crippen LogP contribution < -0.4 is 5.32 Å². The summed E-state index contributed by atoms with van der Waals surface area (Å²) in [5.74, 6) is -0.0231. The molecule has 0 bridgehead atoms. The molecule has 3 nitrogen and oxygen atoms in total. The highest BCUT2D eigenvalue weighted by molar-refractivity contribution is 5.93. The Morgan fingerprint density at radius 3 is 2.48 bits per heavy atom. The summed E-state index contributed by atoms with van der Waals surface area (Å²) in [4.78, 5) is 14.9. The SMILES string of the molecule is Cc1ccc(C)c(NC(=O)C2CCN(Cc3ccc(F)cc3)CC2)c1. The number of aryl methyl sites for hydroxylation is 2. The molecule has 2 aromatic rings. The fourth-order valence-electron chi connectivity index (χ4n) is 3.31. The quantitative estimate of drug-likeness (QED) is 0.900. The minimum Gasteiger partial charge on any atom is -0.326 e. The first-order valence-electron chi connectivity index (χ1n) is 8.86. The molecule has 1 fully saturated rings. The van der Waals surface area contributed by atoms with Gasteiger partial charge >= 0.3 is 0 Å². The van der Waals surface area contributed by atoms with Crippen molar-refractivity contribution in [3.8, 4) is 0 Å². The third kappa shape index (κ3) is 4.67. The Balaban J connectivity index is 1.52. The van der Waals surface area contributed by atoms with Gasteiger partial charge in [-0.2, -0.15) is 0 Å². The van der Waals surface area contributed by atoms with Gasteiger partial charge in [0.1, 0.15) is 5.82 Å². The molecule has 1 N–H and O–H groups in total. The molecular weight excluding hydrogens is 315 g/mol. The van der Waals surface area contributed by atoms with E-state index in [1.807, 2.05) is 38.1 Å². The van der Waals surface area contributed by atoms with Crippen molar-refractivity contribution in [2.45, 2.75) is 33.2 Å². The van der Waals surface area contributed by atoms with Crippen molar-refractivity contribution < 1.29 is 9.18 Å². The topological polar surface area (TPSA) is 32.3 Å². The van der Waals surface area contributed by atoms with Crippen LogP contribution in [0, 0.1) is 25.6 Å². The van der Waals surface area contributed by atoms with Gasteiger partial charge in [-0.3, -0.25) is 9.69 Å². The van der Waals surface area contributed by atoms with Crippen molar-refractivity contribution >= 4 is 11.6 Å². The highest BCUT2D eigenvalue weighted by Gasteiger charge is 2.25. The molecule has 132 valence electrons. The van der Waals surface area contributed by atoms with Crippen LogP contribution >= 0.6 is 0 Å².